The SMILES string of the molecule is Cc1ccc(C(=O)NNC(=O)NC(C)c2ccc(Cl)cc2Cl)cc1. The van der Waals surface area contributed by atoms with Gasteiger partial charge >= 0.3 is 6.03 Å². The van der Waals surface area contributed by atoms with E-state index in [1.165, 1.54) is 0 Å². The molecule has 126 valence electrons. The Labute approximate surface area is 150 Å². The van der Waals surface area contributed by atoms with Gasteiger partial charge in [-0.2, -0.15) is 0 Å². The van der Waals surface area contributed by atoms with Crippen LogP contribution in [0.1, 0.15) is 34.5 Å². The van der Waals surface area contributed by atoms with Gasteiger partial charge < -0.3 is 5.32 Å². The van der Waals surface area contributed by atoms with Crippen LogP contribution in [0, 0.1) is 6.92 Å². The van der Waals surface area contributed by atoms with E-state index in [9.17, 15) is 9.59 Å². The highest BCUT2D eigenvalue weighted by Crippen LogP contribution is 2.25. The number of rotatable bonds is 3. The summed E-state index contributed by atoms with van der Waals surface area (Å²) in [5.41, 5.74) is 6.88. The lowest BCUT2D eigenvalue weighted by molar-refractivity contribution is 0.0936. The summed E-state index contributed by atoms with van der Waals surface area (Å²) in [7, 11) is 0. The van der Waals surface area contributed by atoms with Crippen molar-refractivity contribution < 1.29 is 9.59 Å². The molecule has 0 aliphatic rings. The van der Waals surface area contributed by atoms with E-state index in [4.69, 9.17) is 23.2 Å². The molecule has 1 unspecified atom stereocenters. The van der Waals surface area contributed by atoms with Crippen LogP contribution in [0.25, 0.3) is 0 Å². The van der Waals surface area contributed by atoms with Crippen molar-refractivity contribution >= 4 is 35.1 Å². The Morgan fingerprint density at radius 3 is 2.29 bits per heavy atom. The number of hydrazine groups is 1. The number of carbonyl (C=O) groups excluding carboxylic acids is 2. The second-order valence-electron chi connectivity index (χ2n) is 5.31. The Morgan fingerprint density at radius 1 is 1.00 bits per heavy atom. The van der Waals surface area contributed by atoms with Gasteiger partial charge in [-0.05, 0) is 43.7 Å². The number of hydrogen-bond acceptors (Lipinski definition) is 2. The second-order valence-corrected chi connectivity index (χ2v) is 6.15. The van der Waals surface area contributed by atoms with Crippen LogP contribution >= 0.6 is 23.2 Å². The number of carbonyl (C=O) groups is 2. The molecule has 0 radical (unpaired) electrons. The smallest absolute Gasteiger partial charge is 0.330 e. The van der Waals surface area contributed by atoms with Crippen LogP contribution in [-0.2, 0) is 0 Å². The van der Waals surface area contributed by atoms with Gasteiger partial charge in [0.25, 0.3) is 5.91 Å². The first-order valence-electron chi connectivity index (χ1n) is 7.25. The number of amides is 3. The molecule has 0 spiro atoms. The minimum absolute atomic E-state index is 0.356. The molecule has 3 amide bonds. The molecular formula is C17H17Cl2N3O2. The first kappa shape index (κ1) is 18.1. The number of nitrogens with one attached hydrogen (secondary N) is 3. The van der Waals surface area contributed by atoms with E-state index in [0.29, 0.717) is 15.6 Å². The minimum Gasteiger partial charge on any atom is -0.330 e. The molecule has 0 saturated heterocycles. The standard InChI is InChI=1S/C17H17Cl2N3O2/c1-10-3-5-12(6-4-10)16(23)21-22-17(24)20-11(2)14-8-7-13(18)9-15(14)19/h3-9,11H,1-2H3,(H,21,23)(H2,20,22,24). The second kappa shape index (κ2) is 8.04. The fourth-order valence-corrected chi connectivity index (χ4v) is 2.63. The van der Waals surface area contributed by atoms with Crippen molar-refractivity contribution in [1.29, 1.82) is 0 Å². The van der Waals surface area contributed by atoms with Gasteiger partial charge in [0.15, 0.2) is 0 Å². The van der Waals surface area contributed by atoms with Crippen molar-refractivity contribution in [2.24, 2.45) is 0 Å². The Morgan fingerprint density at radius 2 is 1.67 bits per heavy atom. The van der Waals surface area contributed by atoms with E-state index in [2.05, 4.69) is 16.2 Å². The molecule has 2 aromatic rings. The Kier molecular flexibility index (Phi) is 6.06. The summed E-state index contributed by atoms with van der Waals surface area (Å²) in [6, 6.07) is 11.1. The third-order valence-electron chi connectivity index (χ3n) is 3.38. The van der Waals surface area contributed by atoms with Gasteiger partial charge in [0, 0.05) is 15.6 Å². The molecule has 0 aromatic heterocycles. The number of hydrogen-bond donors (Lipinski definition) is 3. The van der Waals surface area contributed by atoms with Crippen molar-refractivity contribution in [2.45, 2.75) is 19.9 Å². The van der Waals surface area contributed by atoms with Gasteiger partial charge in [0.05, 0.1) is 6.04 Å². The van der Waals surface area contributed by atoms with Crippen LogP contribution in [-0.4, -0.2) is 11.9 Å². The molecule has 7 heteroatoms. The van der Waals surface area contributed by atoms with Crippen LogP contribution < -0.4 is 16.2 Å². The van der Waals surface area contributed by atoms with Crippen LogP contribution in [0.15, 0.2) is 42.5 Å². The molecule has 0 heterocycles. The van der Waals surface area contributed by atoms with E-state index < -0.39 is 11.9 Å². The van der Waals surface area contributed by atoms with E-state index in [1.807, 2.05) is 19.1 Å². The largest absolute Gasteiger partial charge is 0.333 e. The maximum atomic E-state index is 11.9. The van der Waals surface area contributed by atoms with Gasteiger partial charge in [0.1, 0.15) is 0 Å². The summed E-state index contributed by atoms with van der Waals surface area (Å²) in [4.78, 5) is 23.8. The van der Waals surface area contributed by atoms with E-state index >= 15 is 0 Å². The Bertz CT molecular complexity index is 748. The highest BCUT2D eigenvalue weighted by atomic mass is 35.5. The summed E-state index contributed by atoms with van der Waals surface area (Å²) >= 11 is 12.0. The van der Waals surface area contributed by atoms with Crippen LogP contribution in [0.4, 0.5) is 4.79 Å². The molecular weight excluding hydrogens is 349 g/mol. The summed E-state index contributed by atoms with van der Waals surface area (Å²) in [5, 5.41) is 3.66. The highest BCUT2D eigenvalue weighted by molar-refractivity contribution is 6.35. The molecule has 0 saturated carbocycles. The lowest BCUT2D eigenvalue weighted by Crippen LogP contribution is -2.47. The van der Waals surface area contributed by atoms with Gasteiger partial charge in [-0.25, -0.2) is 10.2 Å². The molecule has 24 heavy (non-hydrogen) atoms. The van der Waals surface area contributed by atoms with Crippen molar-refractivity contribution in [2.75, 3.05) is 0 Å². The van der Waals surface area contributed by atoms with Gasteiger partial charge in [-0.3, -0.25) is 10.2 Å². The summed E-state index contributed by atoms with van der Waals surface area (Å²) < 4.78 is 0. The number of urea groups is 1. The molecule has 0 aliphatic heterocycles. The monoisotopic (exact) mass is 365 g/mol. The van der Waals surface area contributed by atoms with Gasteiger partial charge in [-0.15, -0.1) is 0 Å². The quantitative estimate of drug-likeness (QED) is 0.719. The fourth-order valence-electron chi connectivity index (χ4n) is 2.05. The molecule has 5 nitrogen and oxygen atoms in total. The predicted molar refractivity (Wildman–Crippen MR) is 95.2 cm³/mol. The van der Waals surface area contributed by atoms with E-state index in [0.717, 1.165) is 11.1 Å². The summed E-state index contributed by atoms with van der Waals surface area (Å²) in [6.07, 6.45) is 0. The molecule has 0 fully saturated rings. The molecule has 0 bridgehead atoms. The number of aryl methyl sites for hydroxylation is 1. The third-order valence-corrected chi connectivity index (χ3v) is 3.94. The van der Waals surface area contributed by atoms with Crippen LogP contribution in [0.5, 0.6) is 0 Å². The summed E-state index contributed by atoms with van der Waals surface area (Å²) in [5.74, 6) is -0.401. The average molecular weight is 366 g/mol. The number of benzene rings is 2. The zero-order valence-corrected chi connectivity index (χ0v) is 14.7. The molecule has 2 aromatic carbocycles. The molecule has 1 atom stereocenters. The topological polar surface area (TPSA) is 70.2 Å². The van der Waals surface area contributed by atoms with E-state index in [1.54, 1.807) is 37.3 Å². The van der Waals surface area contributed by atoms with Crippen LogP contribution in [0.3, 0.4) is 0 Å². The van der Waals surface area contributed by atoms with Crippen molar-refractivity contribution in [1.82, 2.24) is 16.2 Å². The maximum absolute atomic E-state index is 11.9. The average Bonchev–Trinajstić information content (AvgIpc) is 2.53. The van der Waals surface area contributed by atoms with Crippen molar-refractivity contribution in [3.8, 4) is 0 Å². The Hall–Kier alpha value is -2.24. The first-order chi connectivity index (χ1) is 11.4. The molecule has 2 rings (SSSR count). The normalized spacial score (nSPS) is 11.5. The van der Waals surface area contributed by atoms with Crippen molar-refractivity contribution in [3.05, 3.63) is 69.2 Å². The first-order valence-corrected chi connectivity index (χ1v) is 8.01. The molecule has 3 N–H and O–H groups in total. The zero-order chi connectivity index (χ0) is 17.7. The predicted octanol–water partition coefficient (Wildman–Crippen LogP) is 4.01. The van der Waals surface area contributed by atoms with Crippen molar-refractivity contribution in [3.63, 3.8) is 0 Å². The number of halogens is 2. The Balaban J connectivity index is 1.88. The third kappa shape index (κ3) is 4.88. The lowest BCUT2D eigenvalue weighted by atomic mass is 10.1. The van der Waals surface area contributed by atoms with E-state index in [-0.39, 0.29) is 6.04 Å². The summed E-state index contributed by atoms with van der Waals surface area (Å²) in [6.45, 7) is 3.70. The molecule has 0 aliphatic carbocycles. The minimum atomic E-state index is -0.547. The van der Waals surface area contributed by atoms with Crippen LogP contribution in [0.2, 0.25) is 10.0 Å². The fraction of sp³-hybridized carbons (Fsp3) is 0.176. The maximum Gasteiger partial charge on any atom is 0.333 e. The lowest BCUT2D eigenvalue weighted by Gasteiger charge is -2.16. The van der Waals surface area contributed by atoms with Gasteiger partial charge in [-0.1, -0.05) is 47.0 Å². The zero-order valence-electron chi connectivity index (χ0n) is 13.2. The highest BCUT2D eigenvalue weighted by Gasteiger charge is 2.13. The van der Waals surface area contributed by atoms with Gasteiger partial charge in [0.2, 0.25) is 0 Å².